The van der Waals surface area contributed by atoms with Crippen LogP contribution in [0.5, 0.6) is 0 Å². The molecule has 1 aliphatic heterocycles. The number of ether oxygens (including phenoxy) is 1. The molecule has 0 spiro atoms. The molecule has 0 radical (unpaired) electrons. The van der Waals surface area contributed by atoms with E-state index in [0.29, 0.717) is 19.5 Å². The summed E-state index contributed by atoms with van der Waals surface area (Å²) in [5.41, 5.74) is 0. The Balaban J connectivity index is 2.33. The van der Waals surface area contributed by atoms with Crippen molar-refractivity contribution in [3.8, 4) is 0 Å². The molecule has 1 unspecified atom stereocenters. The molecule has 0 N–H and O–H groups in total. The Hall–Kier alpha value is -1.06. The molecule has 1 fully saturated rings. The minimum atomic E-state index is -0.302. The number of rotatable bonds is 3. The Morgan fingerprint density at radius 1 is 1.75 bits per heavy atom. The minimum Gasteiger partial charge on any atom is -0.445 e. The van der Waals surface area contributed by atoms with Crippen molar-refractivity contribution in [3.05, 3.63) is 0 Å². The zero-order chi connectivity index (χ0) is 9.14. The third kappa shape index (κ3) is 2.22. The lowest BCUT2D eigenvalue weighted by molar-refractivity contribution is -0.117. The highest BCUT2D eigenvalue weighted by atomic mass is 16.6. The van der Waals surface area contributed by atoms with Crippen LogP contribution in [0.1, 0.15) is 20.3 Å². The van der Waals surface area contributed by atoms with Gasteiger partial charge >= 0.3 is 6.09 Å². The van der Waals surface area contributed by atoms with Gasteiger partial charge in [-0.2, -0.15) is 0 Å². The largest absolute Gasteiger partial charge is 0.445 e. The Labute approximate surface area is 71.5 Å². The number of cyclic esters (lactones) is 1. The topological polar surface area (TPSA) is 46.6 Å². The van der Waals surface area contributed by atoms with E-state index in [2.05, 4.69) is 0 Å². The van der Waals surface area contributed by atoms with Crippen LogP contribution in [-0.2, 0) is 9.53 Å². The van der Waals surface area contributed by atoms with E-state index in [0.717, 1.165) is 0 Å². The lowest BCUT2D eigenvalue weighted by atomic mass is 10.3. The molecule has 0 bridgehead atoms. The van der Waals surface area contributed by atoms with Gasteiger partial charge in [-0.3, -0.25) is 4.79 Å². The lowest BCUT2D eigenvalue weighted by Gasteiger charge is -2.10. The van der Waals surface area contributed by atoms with Crippen LogP contribution in [0.4, 0.5) is 4.79 Å². The van der Waals surface area contributed by atoms with Gasteiger partial charge in [-0.1, -0.05) is 0 Å². The van der Waals surface area contributed by atoms with E-state index in [4.69, 9.17) is 4.74 Å². The van der Waals surface area contributed by atoms with Crippen molar-refractivity contribution in [2.24, 2.45) is 0 Å². The molecule has 1 saturated heterocycles. The molecule has 1 rings (SSSR count). The average molecular weight is 171 g/mol. The summed E-state index contributed by atoms with van der Waals surface area (Å²) >= 11 is 0. The highest BCUT2D eigenvalue weighted by Crippen LogP contribution is 2.10. The third-order valence-corrected chi connectivity index (χ3v) is 1.77. The van der Waals surface area contributed by atoms with Crippen LogP contribution >= 0.6 is 0 Å². The van der Waals surface area contributed by atoms with Gasteiger partial charge in [0.1, 0.15) is 11.9 Å². The maximum absolute atomic E-state index is 11.0. The maximum atomic E-state index is 11.0. The van der Waals surface area contributed by atoms with E-state index >= 15 is 0 Å². The van der Waals surface area contributed by atoms with E-state index in [1.54, 1.807) is 4.90 Å². The summed E-state index contributed by atoms with van der Waals surface area (Å²) in [4.78, 5) is 23.2. The van der Waals surface area contributed by atoms with Gasteiger partial charge in [0.2, 0.25) is 0 Å². The Morgan fingerprint density at radius 2 is 2.42 bits per heavy atom. The number of carbonyl (C=O) groups is 2. The van der Waals surface area contributed by atoms with Crippen LogP contribution < -0.4 is 0 Å². The Bertz CT molecular complexity index is 202. The molecule has 1 amide bonds. The summed E-state index contributed by atoms with van der Waals surface area (Å²) in [5, 5.41) is 0. The number of amides is 1. The number of Topliss-reactive ketones (excluding diaryl/α,β-unsaturated/α-hetero) is 1. The molecular weight excluding hydrogens is 158 g/mol. The van der Waals surface area contributed by atoms with E-state index < -0.39 is 0 Å². The number of ketones is 1. The summed E-state index contributed by atoms with van der Waals surface area (Å²) in [6.45, 7) is 4.45. The van der Waals surface area contributed by atoms with E-state index in [1.807, 2.05) is 6.92 Å². The smallest absolute Gasteiger partial charge is 0.410 e. The van der Waals surface area contributed by atoms with Gasteiger partial charge in [0.05, 0.1) is 6.54 Å². The molecule has 68 valence electrons. The first kappa shape index (κ1) is 9.03. The second-order valence-corrected chi connectivity index (χ2v) is 3.09. The van der Waals surface area contributed by atoms with Crippen molar-refractivity contribution in [2.45, 2.75) is 26.4 Å². The number of nitrogens with zero attached hydrogens (tertiary/aromatic N) is 1. The lowest BCUT2D eigenvalue weighted by Crippen LogP contribution is -2.27. The predicted molar refractivity (Wildman–Crippen MR) is 42.8 cm³/mol. The fraction of sp³-hybridized carbons (Fsp3) is 0.750. The predicted octanol–water partition coefficient (Wildman–Crippen LogP) is 0.806. The fourth-order valence-corrected chi connectivity index (χ4v) is 1.14. The Kier molecular flexibility index (Phi) is 2.68. The maximum Gasteiger partial charge on any atom is 0.410 e. The van der Waals surface area contributed by atoms with Gasteiger partial charge in [0.25, 0.3) is 0 Å². The van der Waals surface area contributed by atoms with Crippen molar-refractivity contribution in [3.63, 3.8) is 0 Å². The molecule has 0 aliphatic carbocycles. The zero-order valence-electron chi connectivity index (χ0n) is 7.37. The van der Waals surface area contributed by atoms with Gasteiger partial charge in [0.15, 0.2) is 0 Å². The summed E-state index contributed by atoms with van der Waals surface area (Å²) < 4.78 is 4.88. The number of carbonyl (C=O) groups excluding carboxylic acids is 2. The van der Waals surface area contributed by atoms with Crippen molar-refractivity contribution >= 4 is 11.9 Å². The quantitative estimate of drug-likeness (QED) is 0.631. The van der Waals surface area contributed by atoms with Crippen LogP contribution in [0.25, 0.3) is 0 Å². The second-order valence-electron chi connectivity index (χ2n) is 3.09. The average Bonchev–Trinajstić information content (AvgIpc) is 2.26. The molecule has 0 aromatic rings. The Morgan fingerprint density at radius 3 is 2.83 bits per heavy atom. The molecule has 1 aliphatic rings. The van der Waals surface area contributed by atoms with E-state index in [-0.39, 0.29) is 18.0 Å². The van der Waals surface area contributed by atoms with Crippen LogP contribution in [0, 0.1) is 0 Å². The first-order chi connectivity index (χ1) is 5.59. The molecule has 0 aromatic carbocycles. The minimum absolute atomic E-state index is 0.0375. The van der Waals surface area contributed by atoms with Gasteiger partial charge in [-0.15, -0.1) is 0 Å². The SMILES string of the molecule is CC(=O)CCN1CC(C)OC1=O. The van der Waals surface area contributed by atoms with Crippen LogP contribution in [-0.4, -0.2) is 36.0 Å². The summed E-state index contributed by atoms with van der Waals surface area (Å²) in [7, 11) is 0. The van der Waals surface area contributed by atoms with Crippen LogP contribution in [0.15, 0.2) is 0 Å². The van der Waals surface area contributed by atoms with E-state index in [9.17, 15) is 9.59 Å². The number of hydrogen-bond donors (Lipinski definition) is 0. The third-order valence-electron chi connectivity index (χ3n) is 1.77. The van der Waals surface area contributed by atoms with Crippen molar-refractivity contribution < 1.29 is 14.3 Å². The summed E-state index contributed by atoms with van der Waals surface area (Å²) in [6.07, 6.45) is 0.0789. The molecule has 0 saturated carbocycles. The monoisotopic (exact) mass is 171 g/mol. The van der Waals surface area contributed by atoms with Crippen LogP contribution in [0.3, 0.4) is 0 Å². The molecule has 1 heterocycles. The molecule has 4 heteroatoms. The molecule has 0 aromatic heterocycles. The van der Waals surface area contributed by atoms with Crippen molar-refractivity contribution in [1.82, 2.24) is 4.90 Å². The molecule has 4 nitrogen and oxygen atoms in total. The van der Waals surface area contributed by atoms with Crippen molar-refractivity contribution in [2.75, 3.05) is 13.1 Å². The molecule has 1 atom stereocenters. The number of hydrogen-bond acceptors (Lipinski definition) is 3. The fourth-order valence-electron chi connectivity index (χ4n) is 1.14. The second kappa shape index (κ2) is 3.56. The standard InChI is InChI=1S/C8H13NO3/c1-6(10)3-4-9-5-7(2)12-8(9)11/h7H,3-5H2,1-2H3. The highest BCUT2D eigenvalue weighted by Gasteiger charge is 2.27. The van der Waals surface area contributed by atoms with Crippen molar-refractivity contribution in [1.29, 1.82) is 0 Å². The normalized spacial score (nSPS) is 22.7. The summed E-state index contributed by atoms with van der Waals surface area (Å²) in [6, 6.07) is 0. The molecular formula is C8H13NO3. The van der Waals surface area contributed by atoms with Gasteiger partial charge < -0.3 is 9.64 Å². The van der Waals surface area contributed by atoms with Crippen LogP contribution in [0.2, 0.25) is 0 Å². The van der Waals surface area contributed by atoms with E-state index in [1.165, 1.54) is 6.92 Å². The van der Waals surface area contributed by atoms with Gasteiger partial charge in [-0.05, 0) is 13.8 Å². The summed E-state index contributed by atoms with van der Waals surface area (Å²) in [5.74, 6) is 0.0994. The van der Waals surface area contributed by atoms with Gasteiger partial charge in [-0.25, -0.2) is 4.79 Å². The highest BCUT2D eigenvalue weighted by molar-refractivity contribution is 5.76. The first-order valence-corrected chi connectivity index (χ1v) is 4.04. The first-order valence-electron chi connectivity index (χ1n) is 4.04. The zero-order valence-corrected chi connectivity index (χ0v) is 7.37. The molecule has 12 heavy (non-hydrogen) atoms. The van der Waals surface area contributed by atoms with Gasteiger partial charge in [0, 0.05) is 13.0 Å².